The summed E-state index contributed by atoms with van der Waals surface area (Å²) in [4.78, 5) is 11.2. The number of methoxy groups -OCH3 is 1. The quantitative estimate of drug-likeness (QED) is 0.460. The van der Waals surface area contributed by atoms with Crippen LogP contribution in [0.4, 0.5) is 4.39 Å². The Morgan fingerprint density at radius 2 is 2.06 bits per heavy atom. The highest BCUT2D eigenvalue weighted by Crippen LogP contribution is 2.27. The van der Waals surface area contributed by atoms with E-state index in [0.29, 0.717) is 0 Å². The van der Waals surface area contributed by atoms with Gasteiger partial charge in [0.05, 0.1) is 19.8 Å². The third-order valence-electron chi connectivity index (χ3n) is 2.03. The fourth-order valence-electron chi connectivity index (χ4n) is 1.28. The first-order valence-corrected chi connectivity index (χ1v) is 5.44. The van der Waals surface area contributed by atoms with Crippen molar-refractivity contribution in [2.75, 3.05) is 13.7 Å². The molecule has 0 N–H and O–H groups in total. The Morgan fingerprint density at radius 1 is 1.39 bits per heavy atom. The van der Waals surface area contributed by atoms with Crippen molar-refractivity contribution in [3.8, 4) is 11.5 Å². The standard InChI is InChI=1S/C13H15FO4/c1-4-17-12(15)8-9(2)18-11-7-5-6-10(16-3)13(11)14/h5-8H,4H2,1-3H3. The Labute approximate surface area is 105 Å². The molecule has 0 spiro atoms. The summed E-state index contributed by atoms with van der Waals surface area (Å²) in [5.41, 5.74) is 0. The largest absolute Gasteiger partial charge is 0.494 e. The first-order chi connectivity index (χ1) is 8.58. The molecule has 0 radical (unpaired) electrons. The lowest BCUT2D eigenvalue weighted by Gasteiger charge is -2.09. The first kappa shape index (κ1) is 14.0. The second-order valence-corrected chi connectivity index (χ2v) is 3.38. The van der Waals surface area contributed by atoms with E-state index in [1.165, 1.54) is 26.2 Å². The molecule has 0 unspecified atom stereocenters. The van der Waals surface area contributed by atoms with E-state index in [4.69, 9.17) is 14.2 Å². The molecule has 0 amide bonds. The van der Waals surface area contributed by atoms with Crippen LogP contribution in [0.25, 0.3) is 0 Å². The molecule has 18 heavy (non-hydrogen) atoms. The highest BCUT2D eigenvalue weighted by atomic mass is 19.1. The van der Waals surface area contributed by atoms with Gasteiger partial charge in [-0.05, 0) is 26.0 Å². The highest BCUT2D eigenvalue weighted by Gasteiger charge is 2.10. The summed E-state index contributed by atoms with van der Waals surface area (Å²) in [7, 11) is 1.36. The van der Waals surface area contributed by atoms with Crippen molar-refractivity contribution in [3.05, 3.63) is 35.9 Å². The lowest BCUT2D eigenvalue weighted by molar-refractivity contribution is -0.137. The van der Waals surface area contributed by atoms with E-state index in [-0.39, 0.29) is 23.9 Å². The minimum Gasteiger partial charge on any atom is -0.494 e. The number of benzene rings is 1. The normalized spacial score (nSPS) is 11.0. The van der Waals surface area contributed by atoms with Gasteiger partial charge in [-0.1, -0.05) is 6.07 Å². The number of esters is 1. The van der Waals surface area contributed by atoms with Gasteiger partial charge in [0.15, 0.2) is 11.5 Å². The van der Waals surface area contributed by atoms with Crippen molar-refractivity contribution in [2.45, 2.75) is 13.8 Å². The van der Waals surface area contributed by atoms with E-state index >= 15 is 0 Å². The molecular formula is C13H15FO4. The van der Waals surface area contributed by atoms with E-state index in [1.54, 1.807) is 13.0 Å². The molecular weight excluding hydrogens is 239 g/mol. The molecule has 0 aliphatic heterocycles. The fraction of sp³-hybridized carbons (Fsp3) is 0.308. The van der Waals surface area contributed by atoms with E-state index < -0.39 is 11.8 Å². The zero-order chi connectivity index (χ0) is 13.5. The van der Waals surface area contributed by atoms with Crippen LogP contribution in [0.1, 0.15) is 13.8 Å². The number of halogens is 1. The minimum absolute atomic E-state index is 0.00704. The second kappa shape index (κ2) is 6.64. The molecule has 1 aromatic carbocycles. The molecule has 98 valence electrons. The average molecular weight is 254 g/mol. The second-order valence-electron chi connectivity index (χ2n) is 3.38. The van der Waals surface area contributed by atoms with E-state index in [9.17, 15) is 9.18 Å². The minimum atomic E-state index is -0.614. The van der Waals surface area contributed by atoms with Crippen molar-refractivity contribution < 1.29 is 23.4 Å². The maximum atomic E-state index is 13.7. The van der Waals surface area contributed by atoms with Gasteiger partial charge in [0.2, 0.25) is 5.82 Å². The van der Waals surface area contributed by atoms with Crippen LogP contribution >= 0.6 is 0 Å². The fourth-order valence-corrected chi connectivity index (χ4v) is 1.28. The predicted octanol–water partition coefficient (Wildman–Crippen LogP) is 2.68. The summed E-state index contributed by atoms with van der Waals surface area (Å²) in [6.07, 6.45) is 1.16. The van der Waals surface area contributed by atoms with E-state index in [2.05, 4.69) is 0 Å². The Hall–Kier alpha value is -2.04. The smallest absolute Gasteiger partial charge is 0.334 e. The molecule has 0 fully saturated rings. The van der Waals surface area contributed by atoms with Crippen LogP contribution in [0.3, 0.4) is 0 Å². The van der Waals surface area contributed by atoms with Gasteiger partial charge < -0.3 is 14.2 Å². The predicted molar refractivity (Wildman–Crippen MR) is 64.0 cm³/mol. The maximum Gasteiger partial charge on any atom is 0.334 e. The molecule has 4 nitrogen and oxygen atoms in total. The zero-order valence-corrected chi connectivity index (χ0v) is 10.5. The molecule has 1 rings (SSSR count). The Kier molecular flexibility index (Phi) is 5.17. The van der Waals surface area contributed by atoms with Gasteiger partial charge in [-0.2, -0.15) is 4.39 Å². The maximum absolute atomic E-state index is 13.7. The van der Waals surface area contributed by atoms with Crippen LogP contribution in [0, 0.1) is 5.82 Å². The molecule has 1 aromatic rings. The number of hydrogen-bond acceptors (Lipinski definition) is 4. The zero-order valence-electron chi connectivity index (χ0n) is 10.5. The van der Waals surface area contributed by atoms with Crippen LogP contribution in [-0.4, -0.2) is 19.7 Å². The lowest BCUT2D eigenvalue weighted by atomic mass is 10.3. The van der Waals surface area contributed by atoms with Crippen molar-refractivity contribution in [1.82, 2.24) is 0 Å². The van der Waals surface area contributed by atoms with E-state index in [0.717, 1.165) is 6.08 Å². The molecule has 0 aromatic heterocycles. The van der Waals surface area contributed by atoms with Gasteiger partial charge >= 0.3 is 5.97 Å². The van der Waals surface area contributed by atoms with Crippen molar-refractivity contribution in [2.24, 2.45) is 0 Å². The molecule has 0 saturated heterocycles. The number of carbonyl (C=O) groups is 1. The summed E-state index contributed by atoms with van der Waals surface area (Å²) in [5, 5.41) is 0. The van der Waals surface area contributed by atoms with Crippen LogP contribution in [0.15, 0.2) is 30.0 Å². The summed E-state index contributed by atoms with van der Waals surface area (Å²) in [6, 6.07) is 4.52. The van der Waals surface area contributed by atoms with Crippen LogP contribution < -0.4 is 9.47 Å². The molecule has 5 heteroatoms. The van der Waals surface area contributed by atoms with Crippen molar-refractivity contribution in [3.63, 3.8) is 0 Å². The number of ether oxygens (including phenoxy) is 3. The summed E-state index contributed by atoms with van der Waals surface area (Å²) >= 11 is 0. The monoisotopic (exact) mass is 254 g/mol. The molecule has 0 bridgehead atoms. The lowest BCUT2D eigenvalue weighted by Crippen LogP contribution is -2.03. The van der Waals surface area contributed by atoms with Gasteiger partial charge in [-0.15, -0.1) is 0 Å². The van der Waals surface area contributed by atoms with Gasteiger partial charge in [-0.3, -0.25) is 0 Å². The Balaban J connectivity index is 2.82. The Morgan fingerprint density at radius 3 is 2.67 bits per heavy atom. The van der Waals surface area contributed by atoms with Crippen LogP contribution in [0.2, 0.25) is 0 Å². The molecule has 0 atom stereocenters. The van der Waals surface area contributed by atoms with Crippen LogP contribution in [-0.2, 0) is 9.53 Å². The molecule has 0 saturated carbocycles. The summed E-state index contributed by atoms with van der Waals surface area (Å²) < 4.78 is 28.5. The summed E-state index contributed by atoms with van der Waals surface area (Å²) in [6.45, 7) is 3.51. The van der Waals surface area contributed by atoms with Gasteiger partial charge in [-0.25, -0.2) is 4.79 Å². The average Bonchev–Trinajstić information content (AvgIpc) is 2.32. The number of carbonyl (C=O) groups excluding carboxylic acids is 1. The van der Waals surface area contributed by atoms with Gasteiger partial charge in [0, 0.05) is 0 Å². The first-order valence-electron chi connectivity index (χ1n) is 5.44. The third-order valence-corrected chi connectivity index (χ3v) is 2.03. The SMILES string of the molecule is CCOC(=O)C=C(C)Oc1cccc(OC)c1F. The third kappa shape index (κ3) is 3.76. The molecule has 0 aliphatic rings. The Bertz CT molecular complexity index is 454. The number of rotatable bonds is 5. The highest BCUT2D eigenvalue weighted by molar-refractivity contribution is 5.82. The molecule has 0 aliphatic carbocycles. The van der Waals surface area contributed by atoms with Crippen molar-refractivity contribution >= 4 is 5.97 Å². The van der Waals surface area contributed by atoms with Crippen LogP contribution in [0.5, 0.6) is 11.5 Å². The number of hydrogen-bond donors (Lipinski definition) is 0. The number of allylic oxidation sites excluding steroid dienone is 1. The van der Waals surface area contributed by atoms with Crippen molar-refractivity contribution in [1.29, 1.82) is 0 Å². The molecule has 0 heterocycles. The van der Waals surface area contributed by atoms with E-state index in [1.807, 2.05) is 0 Å². The topological polar surface area (TPSA) is 44.8 Å². The van der Waals surface area contributed by atoms with Gasteiger partial charge in [0.25, 0.3) is 0 Å². The summed E-state index contributed by atoms with van der Waals surface area (Å²) in [5.74, 6) is -0.834. The van der Waals surface area contributed by atoms with Gasteiger partial charge in [0.1, 0.15) is 5.76 Å².